The molecule has 1 amide bonds. The molecule has 0 fully saturated rings. The Morgan fingerprint density at radius 1 is 1.00 bits per heavy atom. The number of para-hydroxylation sites is 2. The number of esters is 1. The van der Waals surface area contributed by atoms with Gasteiger partial charge in [-0.3, -0.25) is 9.59 Å². The number of carbonyl (C=O) groups excluding carboxylic acids is 2. The van der Waals surface area contributed by atoms with Gasteiger partial charge in [0.05, 0.1) is 25.5 Å². The number of ether oxygens (including phenoxy) is 2. The molecule has 0 radical (unpaired) electrons. The Kier molecular flexibility index (Phi) is 5.16. The van der Waals surface area contributed by atoms with Crippen LogP contribution in [0.1, 0.15) is 5.56 Å². The lowest BCUT2D eigenvalue weighted by atomic mass is 10.0. The minimum atomic E-state index is -0.504. The van der Waals surface area contributed by atoms with E-state index in [2.05, 4.69) is 5.32 Å². The highest BCUT2D eigenvalue weighted by Crippen LogP contribution is 2.30. The van der Waals surface area contributed by atoms with Gasteiger partial charge in [0.1, 0.15) is 11.3 Å². The van der Waals surface area contributed by atoms with E-state index < -0.39 is 11.9 Å². The summed E-state index contributed by atoms with van der Waals surface area (Å²) < 4.78 is 15.9. The average molecular weight is 389 g/mol. The molecule has 0 aliphatic carbocycles. The van der Waals surface area contributed by atoms with E-state index in [1.807, 2.05) is 36.4 Å². The fourth-order valence-electron chi connectivity index (χ4n) is 3.29. The van der Waals surface area contributed by atoms with Crippen molar-refractivity contribution in [1.82, 2.24) is 0 Å². The molecule has 6 nitrogen and oxygen atoms in total. The molecule has 4 aromatic rings. The topological polar surface area (TPSA) is 77.8 Å². The van der Waals surface area contributed by atoms with Gasteiger partial charge in [-0.05, 0) is 29.0 Å². The largest absolute Gasteiger partial charge is 0.495 e. The molecular weight excluding hydrogens is 370 g/mol. The predicted molar refractivity (Wildman–Crippen MR) is 110 cm³/mol. The molecule has 1 N–H and O–H groups in total. The molecule has 0 atom stereocenters. The van der Waals surface area contributed by atoms with E-state index in [9.17, 15) is 9.59 Å². The molecule has 1 aromatic heterocycles. The lowest BCUT2D eigenvalue weighted by Crippen LogP contribution is -2.21. The monoisotopic (exact) mass is 389 g/mol. The van der Waals surface area contributed by atoms with Crippen LogP contribution in [0.25, 0.3) is 21.7 Å². The van der Waals surface area contributed by atoms with Crippen LogP contribution in [0.3, 0.4) is 0 Å². The molecule has 0 bridgehead atoms. The van der Waals surface area contributed by atoms with Crippen LogP contribution in [0, 0.1) is 0 Å². The molecule has 0 unspecified atom stereocenters. The van der Waals surface area contributed by atoms with Gasteiger partial charge in [-0.15, -0.1) is 0 Å². The molecule has 6 heteroatoms. The van der Waals surface area contributed by atoms with E-state index in [-0.39, 0.29) is 13.0 Å². The van der Waals surface area contributed by atoms with Crippen molar-refractivity contribution in [2.45, 2.75) is 6.42 Å². The van der Waals surface area contributed by atoms with Crippen molar-refractivity contribution in [3.8, 4) is 5.75 Å². The van der Waals surface area contributed by atoms with Crippen molar-refractivity contribution < 1.29 is 23.5 Å². The Labute approximate surface area is 167 Å². The number of fused-ring (bicyclic) bond motifs is 3. The number of carbonyl (C=O) groups is 2. The highest BCUT2D eigenvalue weighted by Gasteiger charge is 2.15. The summed E-state index contributed by atoms with van der Waals surface area (Å²) in [6, 6.07) is 18.8. The lowest BCUT2D eigenvalue weighted by molar-refractivity contribution is -0.146. The number of amides is 1. The van der Waals surface area contributed by atoms with E-state index >= 15 is 0 Å². The van der Waals surface area contributed by atoms with E-state index in [4.69, 9.17) is 13.9 Å². The quantitative estimate of drug-likeness (QED) is 0.497. The number of methoxy groups -OCH3 is 1. The first-order valence-electron chi connectivity index (χ1n) is 9.12. The first-order valence-corrected chi connectivity index (χ1v) is 9.12. The Morgan fingerprint density at radius 2 is 1.79 bits per heavy atom. The van der Waals surface area contributed by atoms with Crippen LogP contribution in [-0.4, -0.2) is 25.6 Å². The van der Waals surface area contributed by atoms with Crippen molar-refractivity contribution in [3.63, 3.8) is 0 Å². The second kappa shape index (κ2) is 8.06. The van der Waals surface area contributed by atoms with Gasteiger partial charge in [0.2, 0.25) is 0 Å². The van der Waals surface area contributed by atoms with Crippen molar-refractivity contribution in [3.05, 3.63) is 72.5 Å². The fraction of sp³-hybridized carbons (Fsp3) is 0.130. The maximum Gasteiger partial charge on any atom is 0.310 e. The zero-order valence-corrected chi connectivity index (χ0v) is 15.8. The summed E-state index contributed by atoms with van der Waals surface area (Å²) in [4.78, 5) is 24.4. The summed E-state index contributed by atoms with van der Waals surface area (Å²) in [6.07, 6.45) is 1.58. The Hall–Kier alpha value is -3.80. The lowest BCUT2D eigenvalue weighted by Gasteiger charge is -2.10. The zero-order valence-electron chi connectivity index (χ0n) is 15.8. The highest BCUT2D eigenvalue weighted by molar-refractivity contribution is 6.08. The third kappa shape index (κ3) is 3.91. The summed E-state index contributed by atoms with van der Waals surface area (Å²) >= 11 is 0. The molecule has 29 heavy (non-hydrogen) atoms. The van der Waals surface area contributed by atoms with E-state index in [1.54, 1.807) is 30.5 Å². The molecule has 1 heterocycles. The van der Waals surface area contributed by atoms with Crippen LogP contribution in [0.2, 0.25) is 0 Å². The summed E-state index contributed by atoms with van der Waals surface area (Å²) in [5.74, 6) is -0.412. The molecule has 146 valence electrons. The van der Waals surface area contributed by atoms with Crippen molar-refractivity contribution in [2.24, 2.45) is 0 Å². The van der Waals surface area contributed by atoms with Crippen molar-refractivity contribution in [1.29, 1.82) is 0 Å². The SMILES string of the molecule is COc1ccccc1NC(=O)COC(=O)Cc1coc2ccc3ccccc3c12. The Bertz CT molecular complexity index is 1190. The number of benzene rings is 3. The first-order chi connectivity index (χ1) is 14.2. The van der Waals surface area contributed by atoms with Crippen LogP contribution < -0.4 is 10.1 Å². The smallest absolute Gasteiger partial charge is 0.310 e. The minimum Gasteiger partial charge on any atom is -0.495 e. The molecule has 0 spiro atoms. The zero-order chi connectivity index (χ0) is 20.2. The van der Waals surface area contributed by atoms with Gasteiger partial charge >= 0.3 is 5.97 Å². The van der Waals surface area contributed by atoms with Gasteiger partial charge in [0.15, 0.2) is 6.61 Å². The van der Waals surface area contributed by atoms with Crippen molar-refractivity contribution in [2.75, 3.05) is 19.0 Å². The van der Waals surface area contributed by atoms with E-state index in [0.29, 0.717) is 17.0 Å². The van der Waals surface area contributed by atoms with E-state index in [1.165, 1.54) is 7.11 Å². The number of rotatable bonds is 6. The molecule has 4 rings (SSSR count). The standard InChI is InChI=1S/C23H19NO5/c1-27-19-9-5-4-8-18(19)24-21(25)14-29-22(26)12-16-13-28-20-11-10-15-6-2-3-7-17(15)23(16)20/h2-11,13H,12,14H2,1H3,(H,24,25). The number of anilines is 1. The number of nitrogens with one attached hydrogen (secondary N) is 1. The number of hydrogen-bond donors (Lipinski definition) is 1. The molecule has 3 aromatic carbocycles. The summed E-state index contributed by atoms with van der Waals surface area (Å²) in [5, 5.41) is 5.63. The van der Waals surface area contributed by atoms with Crippen LogP contribution in [0.4, 0.5) is 5.69 Å². The van der Waals surface area contributed by atoms with Gasteiger partial charge in [-0.25, -0.2) is 0 Å². The second-order valence-electron chi connectivity index (χ2n) is 6.51. The maximum absolute atomic E-state index is 12.3. The summed E-state index contributed by atoms with van der Waals surface area (Å²) in [7, 11) is 1.52. The van der Waals surface area contributed by atoms with Gasteiger partial charge < -0.3 is 19.2 Å². The second-order valence-corrected chi connectivity index (χ2v) is 6.51. The highest BCUT2D eigenvalue weighted by atomic mass is 16.5. The number of furan rings is 1. The van der Waals surface area contributed by atoms with Crippen LogP contribution in [0.15, 0.2) is 71.3 Å². The third-order valence-corrected chi connectivity index (χ3v) is 4.62. The summed E-state index contributed by atoms with van der Waals surface area (Å²) in [6.45, 7) is -0.382. The molecule has 0 saturated heterocycles. The third-order valence-electron chi connectivity index (χ3n) is 4.62. The van der Waals surface area contributed by atoms with Crippen molar-refractivity contribution >= 4 is 39.3 Å². The first kappa shape index (κ1) is 18.6. The number of hydrogen-bond acceptors (Lipinski definition) is 5. The average Bonchev–Trinajstić information content (AvgIpc) is 3.16. The maximum atomic E-state index is 12.3. The van der Waals surface area contributed by atoms with E-state index in [0.717, 1.165) is 21.7 Å². The van der Waals surface area contributed by atoms with Crippen LogP contribution in [-0.2, 0) is 20.7 Å². The van der Waals surface area contributed by atoms with Gasteiger partial charge in [0.25, 0.3) is 5.91 Å². The van der Waals surface area contributed by atoms with Gasteiger partial charge in [-0.2, -0.15) is 0 Å². The predicted octanol–water partition coefficient (Wildman–Crippen LogP) is 4.32. The molecular formula is C23H19NO5. The van der Waals surface area contributed by atoms with Crippen LogP contribution >= 0.6 is 0 Å². The molecule has 0 aliphatic rings. The fourth-order valence-corrected chi connectivity index (χ4v) is 3.29. The molecule has 0 aliphatic heterocycles. The summed E-state index contributed by atoms with van der Waals surface area (Å²) in [5.41, 5.74) is 1.95. The molecule has 0 saturated carbocycles. The Balaban J connectivity index is 1.42. The normalized spacial score (nSPS) is 10.8. The van der Waals surface area contributed by atoms with Gasteiger partial charge in [0, 0.05) is 10.9 Å². The Morgan fingerprint density at radius 3 is 2.66 bits per heavy atom. The van der Waals surface area contributed by atoms with Gasteiger partial charge in [-0.1, -0.05) is 42.5 Å². The van der Waals surface area contributed by atoms with Crippen LogP contribution in [0.5, 0.6) is 5.75 Å². The minimum absolute atomic E-state index is 0.0168.